The van der Waals surface area contributed by atoms with Crippen LogP contribution in [-0.4, -0.2) is 34.7 Å². The molecule has 2 heterocycles. The lowest BCUT2D eigenvalue weighted by Crippen LogP contribution is -2.30. The Morgan fingerprint density at radius 1 is 1.50 bits per heavy atom. The third kappa shape index (κ3) is 3.68. The van der Waals surface area contributed by atoms with Crippen molar-refractivity contribution in [2.45, 2.75) is 25.3 Å². The first-order valence-corrected chi connectivity index (χ1v) is 8.31. The van der Waals surface area contributed by atoms with Crippen LogP contribution in [0.4, 0.5) is 0 Å². The molecule has 0 spiro atoms. The van der Waals surface area contributed by atoms with Crippen LogP contribution < -0.4 is 11.1 Å². The van der Waals surface area contributed by atoms with E-state index in [1.807, 2.05) is 6.92 Å². The number of aryl methyl sites for hydroxylation is 2. The van der Waals surface area contributed by atoms with E-state index in [4.69, 9.17) is 5.73 Å². The number of rotatable bonds is 6. The first-order chi connectivity index (χ1) is 9.63. The summed E-state index contributed by atoms with van der Waals surface area (Å²) in [6.07, 6.45) is 0.987. The second-order valence-corrected chi connectivity index (χ2v) is 6.37. The monoisotopic (exact) mass is 310 g/mol. The van der Waals surface area contributed by atoms with Crippen LogP contribution in [0.25, 0.3) is 10.2 Å². The van der Waals surface area contributed by atoms with Crippen LogP contribution in [0.3, 0.4) is 0 Å². The molecule has 5 nitrogen and oxygen atoms in total. The maximum Gasteiger partial charge on any atom is 0.230 e. The highest BCUT2D eigenvalue weighted by atomic mass is 32.2. The molecule has 108 valence electrons. The van der Waals surface area contributed by atoms with Gasteiger partial charge in [0.2, 0.25) is 5.91 Å². The van der Waals surface area contributed by atoms with Crippen LogP contribution in [-0.2, 0) is 11.2 Å². The molecule has 20 heavy (non-hydrogen) atoms. The summed E-state index contributed by atoms with van der Waals surface area (Å²) in [6, 6.07) is 2.12. The Hall–Kier alpha value is -1.18. The summed E-state index contributed by atoms with van der Waals surface area (Å²) in [7, 11) is 0. The summed E-state index contributed by atoms with van der Waals surface area (Å²) in [6.45, 7) is 4.97. The Morgan fingerprint density at radius 2 is 2.30 bits per heavy atom. The third-order valence-corrected chi connectivity index (χ3v) is 4.84. The molecule has 0 unspecified atom stereocenters. The number of hydrogen-bond acceptors (Lipinski definition) is 6. The molecule has 2 aromatic rings. The van der Waals surface area contributed by atoms with Crippen LogP contribution in [0.5, 0.6) is 0 Å². The van der Waals surface area contributed by atoms with Gasteiger partial charge in [-0.3, -0.25) is 4.79 Å². The van der Waals surface area contributed by atoms with Crippen LogP contribution >= 0.6 is 23.1 Å². The molecule has 2 rings (SSSR count). The predicted molar refractivity (Wildman–Crippen MR) is 84.3 cm³/mol. The number of nitrogens with two attached hydrogens (primary N) is 1. The molecule has 2 aromatic heterocycles. The lowest BCUT2D eigenvalue weighted by Gasteiger charge is -2.04. The maximum atomic E-state index is 11.6. The van der Waals surface area contributed by atoms with Gasteiger partial charge in [0, 0.05) is 23.4 Å². The maximum absolute atomic E-state index is 11.6. The number of carbonyl (C=O) groups is 1. The van der Waals surface area contributed by atoms with Crippen molar-refractivity contribution < 1.29 is 4.79 Å². The van der Waals surface area contributed by atoms with E-state index in [0.29, 0.717) is 18.8 Å². The molecule has 0 fully saturated rings. The minimum Gasteiger partial charge on any atom is -0.354 e. The first-order valence-electron chi connectivity index (χ1n) is 6.50. The van der Waals surface area contributed by atoms with Gasteiger partial charge in [0.25, 0.3) is 0 Å². The van der Waals surface area contributed by atoms with E-state index < -0.39 is 0 Å². The Morgan fingerprint density at radius 3 is 3.00 bits per heavy atom. The summed E-state index contributed by atoms with van der Waals surface area (Å²) in [4.78, 5) is 22.8. The van der Waals surface area contributed by atoms with E-state index in [0.717, 1.165) is 27.5 Å². The summed E-state index contributed by atoms with van der Waals surface area (Å²) in [5, 5.41) is 4.69. The molecule has 0 bridgehead atoms. The summed E-state index contributed by atoms with van der Waals surface area (Å²) >= 11 is 3.14. The molecule has 0 aliphatic rings. The number of thioether (sulfide) groups is 1. The van der Waals surface area contributed by atoms with Crippen LogP contribution in [0.1, 0.15) is 17.6 Å². The highest BCUT2D eigenvalue weighted by Crippen LogP contribution is 2.31. The fourth-order valence-electron chi connectivity index (χ4n) is 1.73. The minimum atomic E-state index is -0.0178. The molecule has 0 aliphatic heterocycles. The normalized spacial score (nSPS) is 10.9. The molecule has 0 atom stereocenters. The number of hydrogen-bond donors (Lipinski definition) is 2. The molecule has 1 amide bonds. The zero-order valence-corrected chi connectivity index (χ0v) is 13.2. The van der Waals surface area contributed by atoms with E-state index in [1.165, 1.54) is 16.6 Å². The zero-order chi connectivity index (χ0) is 14.5. The Labute approximate surface area is 126 Å². The average Bonchev–Trinajstić information content (AvgIpc) is 2.85. The lowest BCUT2D eigenvalue weighted by molar-refractivity contribution is -0.118. The molecule has 0 aromatic carbocycles. The smallest absolute Gasteiger partial charge is 0.230 e. The number of nitrogens with zero attached hydrogens (tertiary/aromatic N) is 2. The van der Waals surface area contributed by atoms with Crippen LogP contribution in [0, 0.1) is 6.92 Å². The van der Waals surface area contributed by atoms with Crippen molar-refractivity contribution >= 4 is 39.2 Å². The summed E-state index contributed by atoms with van der Waals surface area (Å²) < 4.78 is 0. The molecular weight excluding hydrogens is 292 g/mol. The van der Waals surface area contributed by atoms with Crippen LogP contribution in [0.2, 0.25) is 0 Å². The van der Waals surface area contributed by atoms with E-state index in [1.54, 1.807) is 11.3 Å². The lowest BCUT2D eigenvalue weighted by atomic mass is 10.3. The second kappa shape index (κ2) is 7.01. The third-order valence-electron chi connectivity index (χ3n) is 2.68. The van der Waals surface area contributed by atoms with Gasteiger partial charge in [-0.2, -0.15) is 0 Å². The van der Waals surface area contributed by atoms with Gasteiger partial charge in [-0.1, -0.05) is 18.7 Å². The zero-order valence-electron chi connectivity index (χ0n) is 11.6. The van der Waals surface area contributed by atoms with Gasteiger partial charge in [0.1, 0.15) is 15.7 Å². The van der Waals surface area contributed by atoms with Crippen molar-refractivity contribution in [1.82, 2.24) is 15.3 Å². The summed E-state index contributed by atoms with van der Waals surface area (Å²) in [5.74, 6) is 1.07. The quantitative estimate of drug-likeness (QED) is 0.627. The highest BCUT2D eigenvalue weighted by Gasteiger charge is 2.12. The number of fused-ring (bicyclic) bond motifs is 1. The molecule has 3 N–H and O–H groups in total. The van der Waals surface area contributed by atoms with E-state index in [-0.39, 0.29) is 5.91 Å². The largest absolute Gasteiger partial charge is 0.354 e. The Balaban J connectivity index is 2.16. The molecular formula is C13H18N4OS2. The Kier molecular flexibility index (Phi) is 5.33. The van der Waals surface area contributed by atoms with E-state index in [2.05, 4.69) is 28.3 Å². The van der Waals surface area contributed by atoms with Crippen LogP contribution in [0.15, 0.2) is 11.1 Å². The molecule has 0 saturated heterocycles. The van der Waals surface area contributed by atoms with Gasteiger partial charge in [-0.25, -0.2) is 9.97 Å². The number of thiophene rings is 1. The number of carbonyl (C=O) groups excluding carboxylic acids is 1. The average molecular weight is 310 g/mol. The predicted octanol–water partition coefficient (Wildman–Crippen LogP) is 1.73. The molecule has 0 radical (unpaired) electrons. The topological polar surface area (TPSA) is 80.9 Å². The van der Waals surface area contributed by atoms with Crippen molar-refractivity contribution in [2.24, 2.45) is 5.73 Å². The highest BCUT2D eigenvalue weighted by molar-refractivity contribution is 8.00. The van der Waals surface area contributed by atoms with Crippen molar-refractivity contribution in [3.8, 4) is 0 Å². The van der Waals surface area contributed by atoms with E-state index >= 15 is 0 Å². The van der Waals surface area contributed by atoms with Gasteiger partial charge < -0.3 is 11.1 Å². The standard InChI is InChI=1S/C13H18N4OS2/c1-3-9-6-10-12(16-8(2)17-13(10)20-9)19-7-11(18)15-5-4-14/h6H,3-5,7,14H2,1-2H3,(H,15,18). The van der Waals surface area contributed by atoms with Crippen molar-refractivity contribution in [2.75, 3.05) is 18.8 Å². The second-order valence-electron chi connectivity index (χ2n) is 4.29. The van der Waals surface area contributed by atoms with Gasteiger partial charge in [0.15, 0.2) is 0 Å². The number of aromatic nitrogens is 2. The molecule has 7 heteroatoms. The van der Waals surface area contributed by atoms with Crippen molar-refractivity contribution in [3.05, 3.63) is 16.8 Å². The SMILES string of the molecule is CCc1cc2c(SCC(=O)NCCN)nc(C)nc2s1. The fraction of sp³-hybridized carbons (Fsp3) is 0.462. The van der Waals surface area contributed by atoms with Gasteiger partial charge in [0.05, 0.1) is 5.75 Å². The molecule has 0 saturated carbocycles. The number of nitrogens with one attached hydrogen (secondary N) is 1. The Bertz CT molecular complexity index is 612. The van der Waals surface area contributed by atoms with E-state index in [9.17, 15) is 4.79 Å². The van der Waals surface area contributed by atoms with Gasteiger partial charge in [-0.05, 0) is 19.4 Å². The van der Waals surface area contributed by atoms with Crippen molar-refractivity contribution in [3.63, 3.8) is 0 Å². The number of amides is 1. The van der Waals surface area contributed by atoms with Gasteiger partial charge in [-0.15, -0.1) is 11.3 Å². The summed E-state index contributed by atoms with van der Waals surface area (Å²) in [5.41, 5.74) is 5.36. The van der Waals surface area contributed by atoms with Crippen molar-refractivity contribution in [1.29, 1.82) is 0 Å². The minimum absolute atomic E-state index is 0.0178. The fourth-order valence-corrected chi connectivity index (χ4v) is 3.68. The first kappa shape index (κ1) is 15.2. The van der Waals surface area contributed by atoms with Gasteiger partial charge >= 0.3 is 0 Å². The molecule has 0 aliphatic carbocycles.